The van der Waals surface area contributed by atoms with Crippen LogP contribution < -0.4 is 5.73 Å². The van der Waals surface area contributed by atoms with Crippen LogP contribution in [0.4, 0.5) is 0 Å². The average Bonchev–Trinajstić information content (AvgIpc) is 3.39. The highest BCUT2D eigenvalue weighted by Crippen LogP contribution is 2.24. The maximum atomic E-state index is 11.7. The fourth-order valence-electron chi connectivity index (χ4n) is 3.39. The SMILES string of the molecule is CCCCCCCCCCCCCCCCCC(=O)[C@@H]1O[C@@H]1C(N)=O. The van der Waals surface area contributed by atoms with Gasteiger partial charge >= 0.3 is 0 Å². The third-order valence-corrected chi connectivity index (χ3v) is 5.12. The lowest BCUT2D eigenvalue weighted by molar-refractivity contribution is -0.121. The summed E-state index contributed by atoms with van der Waals surface area (Å²) in [6.07, 6.45) is 19.1. The molecular formula is C21H39NO3. The van der Waals surface area contributed by atoms with Crippen LogP contribution >= 0.6 is 0 Å². The summed E-state index contributed by atoms with van der Waals surface area (Å²) in [7, 11) is 0. The monoisotopic (exact) mass is 353 g/mol. The van der Waals surface area contributed by atoms with Gasteiger partial charge in [-0.05, 0) is 6.42 Å². The Kier molecular flexibility index (Phi) is 12.7. The molecule has 0 aromatic carbocycles. The Morgan fingerprint density at radius 2 is 1.08 bits per heavy atom. The van der Waals surface area contributed by atoms with Gasteiger partial charge in [-0.15, -0.1) is 0 Å². The Balaban J connectivity index is 1.74. The van der Waals surface area contributed by atoms with Crippen molar-refractivity contribution in [2.45, 2.75) is 122 Å². The number of ether oxygens (including phenoxy) is 1. The van der Waals surface area contributed by atoms with Crippen molar-refractivity contribution in [3.05, 3.63) is 0 Å². The van der Waals surface area contributed by atoms with Crippen LogP contribution in [0.2, 0.25) is 0 Å². The topological polar surface area (TPSA) is 72.7 Å². The van der Waals surface area contributed by atoms with Gasteiger partial charge in [0.15, 0.2) is 18.0 Å². The second-order valence-corrected chi connectivity index (χ2v) is 7.55. The van der Waals surface area contributed by atoms with Gasteiger partial charge in [0.1, 0.15) is 0 Å². The first-order chi connectivity index (χ1) is 12.2. The van der Waals surface area contributed by atoms with E-state index in [9.17, 15) is 9.59 Å². The van der Waals surface area contributed by atoms with E-state index < -0.39 is 18.1 Å². The number of epoxide rings is 1. The molecule has 1 amide bonds. The zero-order valence-corrected chi connectivity index (χ0v) is 16.3. The standard InChI is InChI=1S/C21H39NO3/c1-2-3-4-5-6-7-8-9-10-11-12-13-14-15-16-17-18(23)19-20(25-19)21(22)24/h19-20H,2-17H2,1H3,(H2,22,24)/t19-,20-/m0/s1. The number of carbonyl (C=O) groups is 2. The van der Waals surface area contributed by atoms with Crippen molar-refractivity contribution in [2.75, 3.05) is 0 Å². The Hall–Kier alpha value is -0.900. The molecule has 0 aromatic rings. The summed E-state index contributed by atoms with van der Waals surface area (Å²) in [4.78, 5) is 22.6. The van der Waals surface area contributed by atoms with Gasteiger partial charge in [0.25, 0.3) is 0 Å². The van der Waals surface area contributed by atoms with Gasteiger partial charge in [-0.3, -0.25) is 9.59 Å². The highest BCUT2D eigenvalue weighted by atomic mass is 16.6. The van der Waals surface area contributed by atoms with Crippen molar-refractivity contribution in [3.8, 4) is 0 Å². The van der Waals surface area contributed by atoms with E-state index in [1.807, 2.05) is 0 Å². The molecule has 2 N–H and O–H groups in total. The minimum atomic E-state index is -0.649. The third kappa shape index (κ3) is 11.4. The number of rotatable bonds is 18. The second-order valence-electron chi connectivity index (χ2n) is 7.55. The van der Waals surface area contributed by atoms with Crippen molar-refractivity contribution in [1.82, 2.24) is 0 Å². The lowest BCUT2D eigenvalue weighted by Gasteiger charge is -2.03. The van der Waals surface area contributed by atoms with Crippen molar-refractivity contribution in [3.63, 3.8) is 0 Å². The van der Waals surface area contributed by atoms with Gasteiger partial charge in [-0.2, -0.15) is 0 Å². The third-order valence-electron chi connectivity index (χ3n) is 5.12. The number of hydrogen-bond acceptors (Lipinski definition) is 3. The quantitative estimate of drug-likeness (QED) is 0.276. The van der Waals surface area contributed by atoms with Crippen molar-refractivity contribution >= 4 is 11.7 Å². The van der Waals surface area contributed by atoms with E-state index in [0.717, 1.165) is 12.8 Å². The molecular weight excluding hydrogens is 314 g/mol. The Labute approximate surface area is 154 Å². The minimum absolute atomic E-state index is 0.0403. The molecule has 25 heavy (non-hydrogen) atoms. The van der Waals surface area contributed by atoms with E-state index in [1.54, 1.807) is 0 Å². The molecule has 0 spiro atoms. The van der Waals surface area contributed by atoms with Crippen molar-refractivity contribution < 1.29 is 14.3 Å². The van der Waals surface area contributed by atoms with Crippen LogP contribution in [-0.4, -0.2) is 23.9 Å². The first-order valence-electron chi connectivity index (χ1n) is 10.6. The van der Waals surface area contributed by atoms with Crippen LogP contribution in [0.25, 0.3) is 0 Å². The number of primary amides is 1. The lowest BCUT2D eigenvalue weighted by atomic mass is 10.0. The van der Waals surface area contributed by atoms with E-state index in [4.69, 9.17) is 10.5 Å². The molecule has 0 saturated carbocycles. The highest BCUT2D eigenvalue weighted by Gasteiger charge is 2.48. The fraction of sp³-hybridized carbons (Fsp3) is 0.905. The Morgan fingerprint density at radius 3 is 1.44 bits per heavy atom. The lowest BCUT2D eigenvalue weighted by Crippen LogP contribution is -2.22. The van der Waals surface area contributed by atoms with Crippen LogP contribution in [0, 0.1) is 0 Å². The summed E-state index contributed by atoms with van der Waals surface area (Å²) in [6.45, 7) is 2.27. The van der Waals surface area contributed by atoms with Crippen LogP contribution in [0.3, 0.4) is 0 Å². The number of Topliss-reactive ketones (excluding diaryl/α,β-unsaturated/α-hetero) is 1. The minimum Gasteiger partial charge on any atom is -0.367 e. The molecule has 1 aliphatic heterocycles. The van der Waals surface area contributed by atoms with Gasteiger partial charge in [-0.25, -0.2) is 0 Å². The van der Waals surface area contributed by atoms with Gasteiger partial charge in [0.2, 0.25) is 5.91 Å². The van der Waals surface area contributed by atoms with Gasteiger partial charge in [0, 0.05) is 6.42 Å². The smallest absolute Gasteiger partial charge is 0.249 e. The number of carbonyl (C=O) groups excluding carboxylic acids is 2. The second kappa shape index (κ2) is 14.3. The number of amides is 1. The Bertz CT molecular complexity index is 370. The van der Waals surface area contributed by atoms with Gasteiger partial charge in [-0.1, -0.05) is 96.8 Å². The summed E-state index contributed by atoms with van der Waals surface area (Å²) in [5.74, 6) is -0.478. The molecule has 0 radical (unpaired) electrons. The molecule has 0 aromatic heterocycles. The predicted molar refractivity (Wildman–Crippen MR) is 102 cm³/mol. The predicted octanol–water partition coefficient (Wildman–Crippen LogP) is 5.07. The summed E-state index contributed by atoms with van der Waals surface area (Å²) >= 11 is 0. The molecule has 1 fully saturated rings. The molecule has 1 saturated heterocycles. The molecule has 0 bridgehead atoms. The van der Waals surface area contributed by atoms with E-state index >= 15 is 0 Å². The van der Waals surface area contributed by atoms with E-state index in [2.05, 4.69) is 6.92 Å². The molecule has 1 heterocycles. The normalized spacial score (nSPS) is 19.1. The number of unbranched alkanes of at least 4 members (excludes halogenated alkanes) is 14. The maximum Gasteiger partial charge on any atom is 0.249 e. The molecule has 0 aliphatic carbocycles. The molecule has 2 atom stereocenters. The fourth-order valence-corrected chi connectivity index (χ4v) is 3.39. The summed E-state index contributed by atoms with van der Waals surface area (Å²) < 4.78 is 4.99. The first kappa shape index (κ1) is 22.1. The van der Waals surface area contributed by atoms with E-state index in [1.165, 1.54) is 83.5 Å². The molecule has 146 valence electrons. The van der Waals surface area contributed by atoms with Crippen molar-refractivity contribution in [2.24, 2.45) is 5.73 Å². The van der Waals surface area contributed by atoms with Gasteiger partial charge in [0.05, 0.1) is 0 Å². The number of ketones is 1. The molecule has 1 rings (SSSR count). The van der Waals surface area contributed by atoms with Crippen LogP contribution in [0.1, 0.15) is 110 Å². The summed E-state index contributed by atoms with van der Waals surface area (Å²) in [5.41, 5.74) is 5.10. The van der Waals surface area contributed by atoms with E-state index in [0.29, 0.717) is 6.42 Å². The molecule has 4 heteroatoms. The Morgan fingerprint density at radius 1 is 0.680 bits per heavy atom. The van der Waals surface area contributed by atoms with Crippen LogP contribution in [0.5, 0.6) is 0 Å². The number of nitrogens with two attached hydrogens (primary N) is 1. The zero-order chi connectivity index (χ0) is 18.3. The van der Waals surface area contributed by atoms with Crippen LogP contribution in [-0.2, 0) is 14.3 Å². The molecule has 1 aliphatic rings. The zero-order valence-electron chi connectivity index (χ0n) is 16.3. The van der Waals surface area contributed by atoms with Crippen molar-refractivity contribution in [1.29, 1.82) is 0 Å². The van der Waals surface area contributed by atoms with Crippen LogP contribution in [0.15, 0.2) is 0 Å². The van der Waals surface area contributed by atoms with Gasteiger partial charge < -0.3 is 10.5 Å². The summed E-state index contributed by atoms with van der Waals surface area (Å²) in [6, 6.07) is 0. The average molecular weight is 354 g/mol. The largest absolute Gasteiger partial charge is 0.367 e. The summed E-state index contributed by atoms with van der Waals surface area (Å²) in [5, 5.41) is 0. The number of hydrogen-bond donors (Lipinski definition) is 1. The highest BCUT2D eigenvalue weighted by molar-refractivity contribution is 5.95. The van der Waals surface area contributed by atoms with E-state index in [-0.39, 0.29) is 5.78 Å². The molecule has 0 unspecified atom stereocenters. The molecule has 4 nitrogen and oxygen atoms in total. The first-order valence-corrected chi connectivity index (χ1v) is 10.6. The maximum absolute atomic E-state index is 11.7.